The normalized spacial score (nSPS) is 16.1. The van der Waals surface area contributed by atoms with Gasteiger partial charge in [0.05, 0.1) is 33.4 Å². The Hall–Kier alpha value is -1.70. The molecular weight excluding hydrogens is 403 g/mol. The maximum absolute atomic E-state index is 11.9. The number of hydrogen-bond acceptors (Lipinski definition) is 4. The first-order chi connectivity index (χ1) is 11.0. The first kappa shape index (κ1) is 16.2. The number of pyridine rings is 2. The summed E-state index contributed by atoms with van der Waals surface area (Å²) in [7, 11) is 0. The minimum atomic E-state index is 0.0115. The predicted octanol–water partition coefficient (Wildman–Crippen LogP) is 4.03. The lowest BCUT2D eigenvalue weighted by Gasteiger charge is -2.09. The number of nitrogens with one attached hydrogen (secondary N) is 2. The van der Waals surface area contributed by atoms with E-state index in [4.69, 9.17) is 0 Å². The van der Waals surface area contributed by atoms with Crippen molar-refractivity contribution in [2.45, 2.75) is 24.2 Å². The van der Waals surface area contributed by atoms with Crippen LogP contribution in [0.15, 0.2) is 30.7 Å². The Balaban J connectivity index is 1.83. The second kappa shape index (κ2) is 6.82. The number of carbonyl (C=O) groups is 1. The average Bonchev–Trinajstić information content (AvgIpc) is 2.87. The summed E-state index contributed by atoms with van der Waals surface area (Å²) in [6.07, 6.45) is 5.81. The zero-order valence-corrected chi connectivity index (χ0v) is 15.3. The fourth-order valence-electron chi connectivity index (χ4n) is 2.58. The van der Waals surface area contributed by atoms with Gasteiger partial charge in [0.1, 0.15) is 0 Å². The molecule has 0 radical (unpaired) electrons. The zero-order valence-electron chi connectivity index (χ0n) is 13.1. The summed E-state index contributed by atoms with van der Waals surface area (Å²) in [6, 6.07) is 4.02. The van der Waals surface area contributed by atoms with E-state index in [0.29, 0.717) is 22.0 Å². The van der Waals surface area contributed by atoms with E-state index in [-0.39, 0.29) is 5.91 Å². The van der Waals surface area contributed by atoms with E-state index in [2.05, 4.69) is 49.3 Å². The topological polar surface area (TPSA) is 66.9 Å². The number of carbonyl (C=O) groups excluding carboxylic acids is 1. The van der Waals surface area contributed by atoms with Crippen LogP contribution in [0.25, 0.3) is 11.3 Å². The average molecular weight is 422 g/mol. The fraction of sp³-hybridized carbons (Fsp3) is 0.353. The lowest BCUT2D eigenvalue weighted by molar-refractivity contribution is -0.116. The molecule has 1 unspecified atom stereocenters. The van der Waals surface area contributed by atoms with Gasteiger partial charge in [0, 0.05) is 24.7 Å². The fourth-order valence-corrected chi connectivity index (χ4v) is 3.31. The van der Waals surface area contributed by atoms with Gasteiger partial charge in [-0.1, -0.05) is 36.4 Å². The maximum Gasteiger partial charge on any atom is 0.224 e. The number of alkyl halides is 1. The first-order valence-corrected chi connectivity index (χ1v) is 8.90. The number of fused-ring (bicyclic) bond motifs is 1. The van der Waals surface area contributed by atoms with Crippen molar-refractivity contribution in [3.63, 3.8) is 0 Å². The highest BCUT2D eigenvalue weighted by Crippen LogP contribution is 2.37. The van der Waals surface area contributed by atoms with Gasteiger partial charge in [0.15, 0.2) is 0 Å². The minimum Gasteiger partial charge on any atom is -0.382 e. The maximum atomic E-state index is 11.9. The van der Waals surface area contributed by atoms with E-state index >= 15 is 0 Å². The molecule has 0 fully saturated rings. The van der Waals surface area contributed by atoms with Crippen molar-refractivity contribution in [1.29, 1.82) is 0 Å². The Morgan fingerprint density at radius 3 is 3.00 bits per heavy atom. The highest BCUT2D eigenvalue weighted by molar-refractivity contribution is 14.1. The molecule has 23 heavy (non-hydrogen) atoms. The molecule has 0 aromatic carbocycles. The van der Waals surface area contributed by atoms with Crippen molar-refractivity contribution in [3.8, 4) is 11.3 Å². The zero-order chi connectivity index (χ0) is 16.4. The molecule has 2 aromatic heterocycles. The van der Waals surface area contributed by atoms with Gasteiger partial charge in [-0.15, -0.1) is 0 Å². The number of anilines is 2. The van der Waals surface area contributed by atoms with Crippen molar-refractivity contribution in [2.75, 3.05) is 17.2 Å². The van der Waals surface area contributed by atoms with E-state index in [1.807, 2.05) is 26.1 Å². The van der Waals surface area contributed by atoms with Gasteiger partial charge in [-0.05, 0) is 23.6 Å². The van der Waals surface area contributed by atoms with Crippen LogP contribution in [0.3, 0.4) is 0 Å². The van der Waals surface area contributed by atoms with Crippen LogP contribution in [0.5, 0.6) is 0 Å². The lowest BCUT2D eigenvalue weighted by Crippen LogP contribution is -2.14. The molecule has 0 spiro atoms. The molecule has 2 aromatic rings. The first-order valence-electron chi connectivity index (χ1n) is 7.66. The molecule has 0 aliphatic carbocycles. The molecule has 1 aliphatic heterocycles. The molecule has 2 N–H and O–H groups in total. The third kappa shape index (κ3) is 3.80. The molecule has 0 saturated carbocycles. The summed E-state index contributed by atoms with van der Waals surface area (Å²) in [5.74, 6) is 0.343. The summed E-state index contributed by atoms with van der Waals surface area (Å²) < 4.78 is 0.450. The van der Waals surface area contributed by atoms with Gasteiger partial charge in [-0.2, -0.15) is 0 Å². The van der Waals surface area contributed by atoms with Crippen molar-refractivity contribution < 1.29 is 4.79 Å². The van der Waals surface area contributed by atoms with Crippen molar-refractivity contribution in [3.05, 3.63) is 36.3 Å². The van der Waals surface area contributed by atoms with Crippen molar-refractivity contribution >= 4 is 39.9 Å². The molecule has 0 bridgehead atoms. The van der Waals surface area contributed by atoms with Crippen molar-refractivity contribution in [1.82, 2.24) is 9.97 Å². The highest BCUT2D eigenvalue weighted by atomic mass is 127. The Kier molecular flexibility index (Phi) is 4.79. The Morgan fingerprint density at radius 2 is 2.22 bits per heavy atom. The number of rotatable bonds is 4. The second-order valence-electron chi connectivity index (χ2n) is 6.11. The SMILES string of the molecule is CC(C)CC(=O)Nc1cncc(-c2cc3c(cn2)NCC3I)c1. The number of hydrogen-bond donors (Lipinski definition) is 2. The number of aromatic nitrogens is 2. The molecule has 6 heteroatoms. The van der Waals surface area contributed by atoms with Crippen LogP contribution in [0, 0.1) is 5.92 Å². The van der Waals surface area contributed by atoms with E-state index in [1.165, 1.54) is 5.56 Å². The molecule has 3 rings (SSSR count). The standard InChI is InChI=1S/C17H19IN4O/c1-10(2)3-17(23)22-12-4-11(6-19-7-12)15-5-13-14(18)8-20-16(13)9-21-15/h4-7,9-10,14,20H,3,8H2,1-2H3,(H,22,23). The molecule has 120 valence electrons. The largest absolute Gasteiger partial charge is 0.382 e. The molecule has 1 aliphatic rings. The summed E-state index contributed by atoms with van der Waals surface area (Å²) >= 11 is 2.43. The predicted molar refractivity (Wildman–Crippen MR) is 101 cm³/mol. The van der Waals surface area contributed by atoms with Gasteiger partial charge in [-0.25, -0.2) is 0 Å². The second-order valence-corrected chi connectivity index (χ2v) is 7.62. The Labute approximate surface area is 149 Å². The van der Waals surface area contributed by atoms with Crippen LogP contribution in [-0.2, 0) is 4.79 Å². The summed E-state index contributed by atoms with van der Waals surface area (Å²) in [6.45, 7) is 4.99. The molecule has 0 saturated heterocycles. The number of amides is 1. The molecule has 5 nitrogen and oxygen atoms in total. The molecule has 1 amide bonds. The molecule has 1 atom stereocenters. The van der Waals surface area contributed by atoms with E-state index in [9.17, 15) is 4.79 Å². The third-order valence-corrected chi connectivity index (χ3v) is 4.77. The van der Waals surface area contributed by atoms with Crippen LogP contribution in [-0.4, -0.2) is 22.4 Å². The van der Waals surface area contributed by atoms with Gasteiger partial charge in [-0.3, -0.25) is 14.8 Å². The third-order valence-electron chi connectivity index (χ3n) is 3.66. The quantitative estimate of drug-likeness (QED) is 0.577. The van der Waals surface area contributed by atoms with Gasteiger partial charge >= 0.3 is 0 Å². The smallest absolute Gasteiger partial charge is 0.224 e. The van der Waals surface area contributed by atoms with Crippen LogP contribution in [0.2, 0.25) is 0 Å². The minimum absolute atomic E-state index is 0.0115. The lowest BCUT2D eigenvalue weighted by atomic mass is 10.1. The van der Waals surface area contributed by atoms with Gasteiger partial charge in [0.2, 0.25) is 5.91 Å². The monoisotopic (exact) mass is 422 g/mol. The summed E-state index contributed by atoms with van der Waals surface area (Å²) in [5, 5.41) is 6.24. The number of nitrogens with zero attached hydrogens (tertiary/aromatic N) is 2. The van der Waals surface area contributed by atoms with Crippen LogP contribution < -0.4 is 10.6 Å². The van der Waals surface area contributed by atoms with Gasteiger partial charge < -0.3 is 10.6 Å². The molecular formula is C17H19IN4O. The van der Waals surface area contributed by atoms with E-state index in [0.717, 1.165) is 23.5 Å². The van der Waals surface area contributed by atoms with Crippen molar-refractivity contribution in [2.24, 2.45) is 5.92 Å². The summed E-state index contributed by atoms with van der Waals surface area (Å²) in [5.41, 5.74) is 4.86. The van der Waals surface area contributed by atoms with Crippen LogP contribution in [0.1, 0.15) is 29.8 Å². The van der Waals surface area contributed by atoms with Crippen LogP contribution in [0.4, 0.5) is 11.4 Å². The van der Waals surface area contributed by atoms with E-state index < -0.39 is 0 Å². The highest BCUT2D eigenvalue weighted by Gasteiger charge is 2.20. The van der Waals surface area contributed by atoms with E-state index in [1.54, 1.807) is 12.4 Å². The Bertz CT molecular complexity index is 732. The summed E-state index contributed by atoms with van der Waals surface area (Å²) in [4.78, 5) is 20.6. The number of halogens is 1. The molecule has 3 heterocycles. The Morgan fingerprint density at radius 1 is 1.39 bits per heavy atom. The van der Waals surface area contributed by atoms with Gasteiger partial charge in [0.25, 0.3) is 0 Å². The van der Waals surface area contributed by atoms with Crippen LogP contribution >= 0.6 is 22.6 Å².